The third-order valence-electron chi connectivity index (χ3n) is 4.63. The molecule has 1 saturated carbocycles. The zero-order valence-corrected chi connectivity index (χ0v) is 14.3. The summed E-state index contributed by atoms with van der Waals surface area (Å²) < 4.78 is 23.0. The van der Waals surface area contributed by atoms with Gasteiger partial charge in [0.2, 0.25) is 10.0 Å². The van der Waals surface area contributed by atoms with Crippen molar-refractivity contribution in [2.75, 3.05) is 0 Å². The van der Waals surface area contributed by atoms with Gasteiger partial charge in [-0.1, -0.05) is 30.3 Å². The first kappa shape index (κ1) is 16.7. The second-order valence-corrected chi connectivity index (χ2v) is 7.81. The smallest absolute Gasteiger partial charge is 0.251 e. The van der Waals surface area contributed by atoms with Gasteiger partial charge in [0.25, 0.3) is 5.91 Å². The van der Waals surface area contributed by atoms with Crippen molar-refractivity contribution in [3.63, 3.8) is 0 Å². The number of hydrogen-bond acceptors (Lipinski definition) is 3. The summed E-state index contributed by atoms with van der Waals surface area (Å²) in [4.78, 5) is 12.7. The highest BCUT2D eigenvalue weighted by Crippen LogP contribution is 2.41. The molecule has 0 radical (unpaired) electrons. The van der Waals surface area contributed by atoms with Gasteiger partial charge in [-0.05, 0) is 55.5 Å². The number of amides is 1. The molecule has 5 nitrogen and oxygen atoms in total. The molecule has 24 heavy (non-hydrogen) atoms. The number of nitrogens with one attached hydrogen (secondary N) is 1. The fraction of sp³-hybridized carbons (Fsp3) is 0.278. The van der Waals surface area contributed by atoms with Crippen LogP contribution in [0, 0.1) is 6.92 Å². The van der Waals surface area contributed by atoms with E-state index in [9.17, 15) is 13.2 Å². The maximum atomic E-state index is 12.6. The van der Waals surface area contributed by atoms with Crippen LogP contribution >= 0.6 is 0 Å². The van der Waals surface area contributed by atoms with Crippen molar-refractivity contribution < 1.29 is 13.2 Å². The van der Waals surface area contributed by atoms with Gasteiger partial charge in [0.05, 0.1) is 10.4 Å². The third-order valence-corrected chi connectivity index (χ3v) is 5.70. The van der Waals surface area contributed by atoms with Gasteiger partial charge in [-0.25, -0.2) is 13.6 Å². The largest absolute Gasteiger partial charge is 0.343 e. The van der Waals surface area contributed by atoms with Crippen LogP contribution in [0.5, 0.6) is 0 Å². The van der Waals surface area contributed by atoms with Gasteiger partial charge in [-0.2, -0.15) is 0 Å². The highest BCUT2D eigenvalue weighted by Gasteiger charge is 2.40. The van der Waals surface area contributed by atoms with Crippen LogP contribution in [0.4, 0.5) is 0 Å². The number of primary sulfonamides is 1. The quantitative estimate of drug-likeness (QED) is 0.893. The SMILES string of the molecule is Cc1cc(C(=O)NC2(c3ccccc3)CCC2)ccc1S(N)(=O)=O. The van der Waals surface area contributed by atoms with Crippen molar-refractivity contribution in [2.24, 2.45) is 5.14 Å². The fourth-order valence-corrected chi connectivity index (χ4v) is 3.94. The molecule has 3 N–H and O–H groups in total. The molecule has 0 atom stereocenters. The second-order valence-electron chi connectivity index (χ2n) is 6.28. The summed E-state index contributed by atoms with van der Waals surface area (Å²) in [5.74, 6) is -0.206. The van der Waals surface area contributed by atoms with E-state index < -0.39 is 10.0 Å². The van der Waals surface area contributed by atoms with Gasteiger partial charge in [0, 0.05) is 5.56 Å². The molecule has 0 aromatic heterocycles. The molecule has 0 spiro atoms. The first-order chi connectivity index (χ1) is 11.3. The first-order valence-electron chi connectivity index (χ1n) is 7.83. The average Bonchev–Trinajstić information content (AvgIpc) is 2.50. The molecule has 0 heterocycles. The van der Waals surface area contributed by atoms with Crippen molar-refractivity contribution in [1.82, 2.24) is 5.32 Å². The Morgan fingerprint density at radius 3 is 2.29 bits per heavy atom. The maximum absolute atomic E-state index is 12.6. The molecule has 0 saturated heterocycles. The third kappa shape index (κ3) is 3.07. The Morgan fingerprint density at radius 2 is 1.79 bits per heavy atom. The molecule has 6 heteroatoms. The first-order valence-corrected chi connectivity index (χ1v) is 9.38. The van der Waals surface area contributed by atoms with Crippen LogP contribution in [0.15, 0.2) is 53.4 Å². The van der Waals surface area contributed by atoms with Crippen LogP contribution < -0.4 is 10.5 Å². The van der Waals surface area contributed by atoms with Gasteiger partial charge < -0.3 is 5.32 Å². The number of hydrogen-bond donors (Lipinski definition) is 2. The van der Waals surface area contributed by atoms with Gasteiger partial charge in [0.1, 0.15) is 0 Å². The minimum atomic E-state index is -3.78. The van der Waals surface area contributed by atoms with Crippen LogP contribution in [0.3, 0.4) is 0 Å². The monoisotopic (exact) mass is 344 g/mol. The molecular weight excluding hydrogens is 324 g/mol. The Morgan fingerprint density at radius 1 is 1.12 bits per heavy atom. The summed E-state index contributed by atoms with van der Waals surface area (Å²) in [6.45, 7) is 1.63. The van der Waals surface area contributed by atoms with Crippen molar-refractivity contribution in [2.45, 2.75) is 36.6 Å². The minimum Gasteiger partial charge on any atom is -0.343 e. The van der Waals surface area contributed by atoms with E-state index in [-0.39, 0.29) is 16.3 Å². The van der Waals surface area contributed by atoms with E-state index in [0.29, 0.717) is 11.1 Å². The van der Waals surface area contributed by atoms with Gasteiger partial charge in [0.15, 0.2) is 0 Å². The van der Waals surface area contributed by atoms with Crippen LogP contribution in [-0.4, -0.2) is 14.3 Å². The van der Waals surface area contributed by atoms with Crippen LogP contribution in [-0.2, 0) is 15.6 Å². The topological polar surface area (TPSA) is 89.3 Å². The van der Waals surface area contributed by atoms with E-state index in [1.165, 1.54) is 12.1 Å². The molecule has 0 aliphatic heterocycles. The van der Waals surface area contributed by atoms with Crippen molar-refractivity contribution in [3.05, 3.63) is 65.2 Å². The summed E-state index contributed by atoms with van der Waals surface area (Å²) in [5, 5.41) is 8.29. The lowest BCUT2D eigenvalue weighted by Crippen LogP contribution is -2.50. The maximum Gasteiger partial charge on any atom is 0.251 e. The molecule has 2 aromatic rings. The Kier molecular flexibility index (Phi) is 4.19. The fourth-order valence-electron chi connectivity index (χ4n) is 3.17. The lowest BCUT2D eigenvalue weighted by Gasteiger charge is -2.43. The molecule has 0 unspecified atom stereocenters. The standard InChI is InChI=1S/C18H20N2O3S/c1-13-12-14(8-9-16(13)24(19,22)23)17(21)20-18(10-5-11-18)15-6-3-2-4-7-15/h2-4,6-9,12H,5,10-11H2,1H3,(H,20,21)(H2,19,22,23). The summed E-state index contributed by atoms with van der Waals surface area (Å²) in [6.07, 6.45) is 2.87. The van der Waals surface area contributed by atoms with Crippen molar-refractivity contribution in [1.29, 1.82) is 0 Å². The molecule has 0 bridgehead atoms. The number of sulfonamides is 1. The molecule has 1 fully saturated rings. The van der Waals surface area contributed by atoms with Crippen LogP contribution in [0.25, 0.3) is 0 Å². The minimum absolute atomic E-state index is 0.0421. The Bertz CT molecular complexity index is 872. The number of rotatable bonds is 4. The number of benzene rings is 2. The van der Waals surface area contributed by atoms with Crippen molar-refractivity contribution in [3.8, 4) is 0 Å². The lowest BCUT2D eigenvalue weighted by molar-refractivity contribution is 0.0823. The Balaban J connectivity index is 1.86. The summed E-state index contributed by atoms with van der Waals surface area (Å²) >= 11 is 0. The molecule has 2 aromatic carbocycles. The van der Waals surface area contributed by atoms with Gasteiger partial charge >= 0.3 is 0 Å². The molecule has 126 valence electrons. The molecule has 3 rings (SSSR count). The Hall–Kier alpha value is -2.18. The van der Waals surface area contributed by atoms with Crippen LogP contribution in [0.1, 0.15) is 40.7 Å². The zero-order valence-electron chi connectivity index (χ0n) is 13.5. The van der Waals surface area contributed by atoms with Crippen LogP contribution in [0.2, 0.25) is 0 Å². The van der Waals surface area contributed by atoms with E-state index in [1.807, 2.05) is 30.3 Å². The number of nitrogens with two attached hydrogens (primary N) is 1. The summed E-state index contributed by atoms with van der Waals surface area (Å²) in [7, 11) is -3.78. The average molecular weight is 344 g/mol. The summed E-state index contributed by atoms with van der Waals surface area (Å²) in [5.41, 5.74) is 1.67. The number of carbonyl (C=O) groups is 1. The predicted molar refractivity (Wildman–Crippen MR) is 92.0 cm³/mol. The van der Waals surface area contributed by atoms with E-state index >= 15 is 0 Å². The number of aryl methyl sites for hydroxylation is 1. The Labute approximate surface area is 141 Å². The lowest BCUT2D eigenvalue weighted by atomic mass is 9.71. The van der Waals surface area contributed by atoms with E-state index in [4.69, 9.17) is 5.14 Å². The highest BCUT2D eigenvalue weighted by molar-refractivity contribution is 7.89. The zero-order chi connectivity index (χ0) is 17.4. The molecule has 1 aliphatic rings. The van der Waals surface area contributed by atoms with E-state index in [1.54, 1.807) is 13.0 Å². The second kappa shape index (κ2) is 6.03. The number of carbonyl (C=O) groups excluding carboxylic acids is 1. The highest BCUT2D eigenvalue weighted by atomic mass is 32.2. The normalized spacial score (nSPS) is 16.2. The van der Waals surface area contributed by atoms with Gasteiger partial charge in [-0.3, -0.25) is 4.79 Å². The predicted octanol–water partition coefficient (Wildman–Crippen LogP) is 2.45. The molecule has 1 amide bonds. The summed E-state index contributed by atoms with van der Waals surface area (Å²) in [6, 6.07) is 14.4. The molecular formula is C18H20N2O3S. The van der Waals surface area contributed by atoms with Crippen molar-refractivity contribution >= 4 is 15.9 Å². The van der Waals surface area contributed by atoms with E-state index in [2.05, 4.69) is 5.32 Å². The van der Waals surface area contributed by atoms with E-state index in [0.717, 1.165) is 24.8 Å². The van der Waals surface area contributed by atoms with Gasteiger partial charge in [-0.15, -0.1) is 0 Å². The molecule has 1 aliphatic carbocycles.